The van der Waals surface area contributed by atoms with E-state index in [4.69, 9.17) is 15.5 Å². The first-order chi connectivity index (χ1) is 14.8. The summed E-state index contributed by atoms with van der Waals surface area (Å²) in [7, 11) is 0. The second kappa shape index (κ2) is 11.2. The van der Waals surface area contributed by atoms with Gasteiger partial charge in [-0.3, -0.25) is 4.99 Å². The number of aliphatic imine (C=N–C) groups is 1. The van der Waals surface area contributed by atoms with Crippen molar-refractivity contribution in [1.82, 2.24) is 14.7 Å². The van der Waals surface area contributed by atoms with Gasteiger partial charge in [-0.2, -0.15) is 0 Å². The van der Waals surface area contributed by atoms with Crippen molar-refractivity contribution in [2.45, 2.75) is 57.7 Å². The van der Waals surface area contributed by atoms with Crippen LogP contribution in [-0.2, 0) is 16.1 Å². The highest BCUT2D eigenvalue weighted by molar-refractivity contribution is 7.88. The smallest absolute Gasteiger partial charge is 0.225 e. The average molecular weight is 453 g/mol. The number of rotatable bonds is 8. The monoisotopic (exact) mass is 452 g/mol. The van der Waals surface area contributed by atoms with E-state index >= 15 is 0 Å². The third kappa shape index (κ3) is 7.13. The number of nitrogens with zero attached hydrogens (tertiary/aromatic N) is 4. The highest BCUT2D eigenvalue weighted by Gasteiger charge is 2.30. The largest absolute Gasteiger partial charge is 0.598 e. The van der Waals surface area contributed by atoms with Crippen LogP contribution in [-0.4, -0.2) is 64.4 Å². The Hall–Kier alpha value is -1.75. The maximum absolute atomic E-state index is 13.0. The van der Waals surface area contributed by atoms with E-state index in [2.05, 4.69) is 28.5 Å². The molecule has 2 aliphatic rings. The van der Waals surface area contributed by atoms with Gasteiger partial charge < -0.3 is 19.9 Å². The Morgan fingerprint density at radius 3 is 2.65 bits per heavy atom. The number of anilines is 1. The van der Waals surface area contributed by atoms with Gasteiger partial charge in [0.1, 0.15) is 6.26 Å². The van der Waals surface area contributed by atoms with E-state index in [0.29, 0.717) is 12.6 Å². The van der Waals surface area contributed by atoms with Gasteiger partial charge in [0.15, 0.2) is 5.82 Å². The van der Waals surface area contributed by atoms with Gasteiger partial charge in [-0.05, 0) is 37.7 Å². The summed E-state index contributed by atoms with van der Waals surface area (Å²) < 4.78 is 34.1. The minimum absolute atomic E-state index is 0.0102. The lowest BCUT2D eigenvalue weighted by atomic mass is 9.96. The molecule has 1 fully saturated rings. The Morgan fingerprint density at radius 1 is 1.35 bits per heavy atom. The summed E-state index contributed by atoms with van der Waals surface area (Å²) >= 11 is -1.11. The van der Waals surface area contributed by atoms with Gasteiger partial charge in [0.25, 0.3) is 0 Å². The van der Waals surface area contributed by atoms with E-state index in [9.17, 15) is 8.94 Å². The minimum Gasteiger partial charge on any atom is -0.598 e. The molecule has 3 unspecified atom stereocenters. The number of ether oxygens (including phenoxy) is 1. The van der Waals surface area contributed by atoms with Crippen LogP contribution in [0.1, 0.15) is 39.5 Å². The third-order valence-electron chi connectivity index (χ3n) is 5.66. The predicted molar refractivity (Wildman–Crippen MR) is 122 cm³/mol. The van der Waals surface area contributed by atoms with E-state index in [-0.39, 0.29) is 24.1 Å². The highest BCUT2D eigenvalue weighted by atomic mass is 32.2. The Kier molecular flexibility index (Phi) is 8.65. The maximum Gasteiger partial charge on any atom is 0.225 e. The molecule has 3 atom stereocenters. The molecule has 31 heavy (non-hydrogen) atoms. The topological polar surface area (TPSA) is 112 Å². The summed E-state index contributed by atoms with van der Waals surface area (Å²) in [4.78, 5) is 15.0. The molecule has 3 rings (SSSR count). The number of allylic oxidation sites excluding steroid dienone is 2. The normalized spacial score (nSPS) is 24.4. The average Bonchev–Trinajstić information content (AvgIpc) is 2.74. The number of hydrogen-bond acceptors (Lipinski definition) is 8. The van der Waals surface area contributed by atoms with Gasteiger partial charge >= 0.3 is 0 Å². The van der Waals surface area contributed by atoms with E-state index in [1.807, 2.05) is 11.0 Å². The van der Waals surface area contributed by atoms with E-state index < -0.39 is 17.2 Å². The SMILES string of the molecule is CC(C)C(N)=CC1=NC(COC2CCN(c3ncc(F)cn3)CC2)C(N[S+](C)[O-])CC1. The number of nitrogens with two attached hydrogens (primary N) is 1. The molecule has 1 aromatic heterocycles. The molecule has 0 aliphatic carbocycles. The standard InChI is InChI=1S/C21H33FN6O2S/c1-14(2)18(23)10-16-4-5-19(27-31(3)29)20(26-16)13-30-17-6-8-28(9-7-17)21-24-11-15(22)12-25-21/h10-12,14,17,19-20,27H,4-9,13,23H2,1-3H3. The van der Waals surface area contributed by atoms with Crippen LogP contribution in [0.4, 0.5) is 10.3 Å². The summed E-state index contributed by atoms with van der Waals surface area (Å²) in [6.45, 7) is 6.09. The maximum atomic E-state index is 13.0. The zero-order valence-corrected chi connectivity index (χ0v) is 19.3. The number of piperidine rings is 1. The molecule has 1 aromatic rings. The Bertz CT molecular complexity index is 766. The quantitative estimate of drug-likeness (QED) is 0.580. The molecule has 3 heterocycles. The van der Waals surface area contributed by atoms with Crippen molar-refractivity contribution >= 4 is 23.0 Å². The van der Waals surface area contributed by atoms with Crippen LogP contribution in [0.15, 0.2) is 29.2 Å². The summed E-state index contributed by atoms with van der Waals surface area (Å²) in [5, 5.41) is 0. The number of halogens is 1. The Labute approximate surface area is 186 Å². The third-order valence-corrected chi connectivity index (χ3v) is 6.29. The molecule has 172 valence electrons. The number of aromatic nitrogens is 2. The van der Waals surface area contributed by atoms with Crippen molar-refractivity contribution in [2.75, 3.05) is 30.9 Å². The van der Waals surface area contributed by atoms with Crippen LogP contribution in [0.25, 0.3) is 0 Å². The van der Waals surface area contributed by atoms with Crippen molar-refractivity contribution in [1.29, 1.82) is 0 Å². The lowest BCUT2D eigenvalue weighted by Crippen LogP contribution is -2.47. The molecule has 0 bridgehead atoms. The Morgan fingerprint density at radius 2 is 2.03 bits per heavy atom. The van der Waals surface area contributed by atoms with Crippen molar-refractivity contribution in [3.63, 3.8) is 0 Å². The van der Waals surface area contributed by atoms with Gasteiger partial charge in [-0.25, -0.2) is 14.4 Å². The van der Waals surface area contributed by atoms with Crippen molar-refractivity contribution < 1.29 is 13.7 Å². The summed E-state index contributed by atoms with van der Waals surface area (Å²) in [5.41, 5.74) is 7.91. The summed E-state index contributed by atoms with van der Waals surface area (Å²) in [6.07, 6.45) is 9.41. The fraction of sp³-hybridized carbons (Fsp3) is 0.667. The predicted octanol–water partition coefficient (Wildman–Crippen LogP) is 1.95. The highest BCUT2D eigenvalue weighted by Crippen LogP contribution is 2.22. The first-order valence-corrected chi connectivity index (χ1v) is 12.3. The van der Waals surface area contributed by atoms with Crippen LogP contribution in [0, 0.1) is 11.7 Å². The fourth-order valence-corrected chi connectivity index (χ4v) is 4.46. The molecular formula is C21H33FN6O2S. The van der Waals surface area contributed by atoms with Crippen molar-refractivity contribution in [3.8, 4) is 0 Å². The second-order valence-corrected chi connectivity index (χ2v) is 9.57. The van der Waals surface area contributed by atoms with Gasteiger partial charge in [-0.1, -0.05) is 13.8 Å². The molecule has 0 amide bonds. The molecule has 0 spiro atoms. The molecule has 3 N–H and O–H groups in total. The van der Waals surface area contributed by atoms with Crippen LogP contribution in [0.3, 0.4) is 0 Å². The number of hydrogen-bond donors (Lipinski definition) is 2. The Balaban J connectivity index is 1.56. The van der Waals surface area contributed by atoms with Crippen molar-refractivity contribution in [2.24, 2.45) is 16.6 Å². The van der Waals surface area contributed by atoms with Gasteiger partial charge in [0.05, 0.1) is 37.2 Å². The molecule has 0 saturated carbocycles. The first kappa shape index (κ1) is 23.9. The van der Waals surface area contributed by atoms with Crippen LogP contribution >= 0.6 is 0 Å². The molecule has 2 aliphatic heterocycles. The van der Waals surface area contributed by atoms with Gasteiger partial charge in [-0.15, -0.1) is 4.72 Å². The zero-order chi connectivity index (χ0) is 22.4. The molecular weight excluding hydrogens is 419 g/mol. The zero-order valence-electron chi connectivity index (χ0n) is 18.5. The molecule has 0 aromatic carbocycles. The minimum atomic E-state index is -1.11. The summed E-state index contributed by atoms with van der Waals surface area (Å²) in [6, 6.07) is -0.0988. The van der Waals surface area contributed by atoms with Crippen molar-refractivity contribution in [3.05, 3.63) is 30.0 Å². The summed E-state index contributed by atoms with van der Waals surface area (Å²) in [5.74, 6) is 0.382. The van der Waals surface area contributed by atoms with Crippen LogP contribution in [0.5, 0.6) is 0 Å². The lowest BCUT2D eigenvalue weighted by Gasteiger charge is -2.34. The van der Waals surface area contributed by atoms with E-state index in [1.54, 1.807) is 6.26 Å². The van der Waals surface area contributed by atoms with Crippen LogP contribution < -0.4 is 15.4 Å². The molecule has 1 saturated heterocycles. The number of nitrogens with one attached hydrogen (secondary N) is 1. The molecule has 0 radical (unpaired) electrons. The van der Waals surface area contributed by atoms with Crippen LogP contribution in [0.2, 0.25) is 0 Å². The van der Waals surface area contributed by atoms with Gasteiger partial charge in [0, 0.05) is 35.9 Å². The lowest BCUT2D eigenvalue weighted by molar-refractivity contribution is 0.0242. The molecule has 10 heteroatoms. The fourth-order valence-electron chi connectivity index (χ4n) is 3.76. The molecule has 8 nitrogen and oxygen atoms in total. The second-order valence-electron chi connectivity index (χ2n) is 8.42. The van der Waals surface area contributed by atoms with Gasteiger partial charge in [0.2, 0.25) is 5.95 Å². The first-order valence-electron chi connectivity index (χ1n) is 10.8. The van der Waals surface area contributed by atoms with E-state index in [1.165, 1.54) is 12.4 Å². The van der Waals surface area contributed by atoms with E-state index in [0.717, 1.165) is 50.2 Å².